The molecule has 0 spiro atoms. The largest absolute Gasteiger partial charge is 0.383 e. The van der Waals surface area contributed by atoms with Crippen molar-refractivity contribution in [3.63, 3.8) is 0 Å². The number of likely N-dealkylation sites (N-methyl/N-ethyl adjacent to an activating group) is 1. The summed E-state index contributed by atoms with van der Waals surface area (Å²) in [6, 6.07) is 0. The van der Waals surface area contributed by atoms with E-state index in [1.54, 1.807) is 7.11 Å². The zero-order valence-corrected chi connectivity index (χ0v) is 10.7. The molecule has 0 amide bonds. The van der Waals surface area contributed by atoms with E-state index in [-0.39, 0.29) is 0 Å². The van der Waals surface area contributed by atoms with Gasteiger partial charge in [-0.15, -0.1) is 0 Å². The van der Waals surface area contributed by atoms with Crippen molar-refractivity contribution in [2.24, 2.45) is 0 Å². The van der Waals surface area contributed by atoms with Crippen LogP contribution in [0.4, 0.5) is 11.6 Å². The molecule has 1 aromatic heterocycles. The van der Waals surface area contributed by atoms with Gasteiger partial charge in [0.25, 0.3) is 0 Å². The number of hydrogen-bond acceptors (Lipinski definition) is 5. The van der Waals surface area contributed by atoms with E-state index in [2.05, 4.69) is 14.9 Å². The van der Waals surface area contributed by atoms with E-state index in [1.165, 1.54) is 12.8 Å². The summed E-state index contributed by atoms with van der Waals surface area (Å²) in [7, 11) is 3.70. The van der Waals surface area contributed by atoms with E-state index in [4.69, 9.17) is 10.5 Å². The molecule has 1 saturated carbocycles. The summed E-state index contributed by atoms with van der Waals surface area (Å²) >= 11 is 0. The van der Waals surface area contributed by atoms with Crippen LogP contribution in [0.15, 0.2) is 0 Å². The standard InChI is InChI=1S/C12H20N4O/c1-8-10(13)14-11(9-4-5-9)15-12(8)16(2)6-7-17-3/h9H,4-7H2,1-3H3,(H2,13,14,15). The topological polar surface area (TPSA) is 64.3 Å². The zero-order chi connectivity index (χ0) is 12.4. The van der Waals surface area contributed by atoms with E-state index in [1.807, 2.05) is 14.0 Å². The van der Waals surface area contributed by atoms with Gasteiger partial charge >= 0.3 is 0 Å². The van der Waals surface area contributed by atoms with Crippen LogP contribution >= 0.6 is 0 Å². The number of anilines is 2. The van der Waals surface area contributed by atoms with Crippen molar-refractivity contribution in [3.8, 4) is 0 Å². The minimum atomic E-state index is 0.521. The quantitative estimate of drug-likeness (QED) is 0.835. The first-order chi connectivity index (χ1) is 8.13. The van der Waals surface area contributed by atoms with Gasteiger partial charge in [-0.2, -0.15) is 0 Å². The molecule has 5 nitrogen and oxygen atoms in total. The van der Waals surface area contributed by atoms with Crippen LogP contribution in [0.2, 0.25) is 0 Å². The molecule has 94 valence electrons. The summed E-state index contributed by atoms with van der Waals surface area (Å²) in [4.78, 5) is 11.1. The number of methoxy groups -OCH3 is 1. The summed E-state index contributed by atoms with van der Waals surface area (Å²) in [6.45, 7) is 3.45. The Bertz CT molecular complexity index is 404. The number of aromatic nitrogens is 2. The van der Waals surface area contributed by atoms with Crippen LogP contribution in [0.5, 0.6) is 0 Å². The van der Waals surface area contributed by atoms with Gasteiger partial charge in [-0.3, -0.25) is 0 Å². The van der Waals surface area contributed by atoms with Crippen molar-refractivity contribution in [1.29, 1.82) is 0 Å². The van der Waals surface area contributed by atoms with Gasteiger partial charge in [-0.1, -0.05) is 0 Å². The third-order valence-corrected chi connectivity index (χ3v) is 3.11. The summed E-state index contributed by atoms with van der Waals surface area (Å²) < 4.78 is 5.08. The van der Waals surface area contributed by atoms with Gasteiger partial charge < -0.3 is 15.4 Å². The van der Waals surface area contributed by atoms with Crippen LogP contribution < -0.4 is 10.6 Å². The van der Waals surface area contributed by atoms with Gasteiger partial charge in [0.15, 0.2) is 0 Å². The van der Waals surface area contributed by atoms with Crippen LogP contribution in [0.3, 0.4) is 0 Å². The second kappa shape index (κ2) is 4.87. The molecule has 1 aromatic rings. The first kappa shape index (κ1) is 12.1. The normalized spacial score (nSPS) is 15.0. The Morgan fingerprint density at radius 3 is 2.71 bits per heavy atom. The molecule has 0 atom stereocenters. The van der Waals surface area contributed by atoms with Crippen LogP contribution in [-0.2, 0) is 4.74 Å². The lowest BCUT2D eigenvalue weighted by Gasteiger charge is -2.21. The lowest BCUT2D eigenvalue weighted by atomic mass is 10.2. The van der Waals surface area contributed by atoms with Gasteiger partial charge in [0.2, 0.25) is 0 Å². The van der Waals surface area contributed by atoms with E-state index in [0.717, 1.165) is 23.8 Å². The molecular formula is C12H20N4O. The number of nitrogens with two attached hydrogens (primary N) is 1. The maximum absolute atomic E-state index is 5.94. The molecule has 2 N–H and O–H groups in total. The predicted molar refractivity (Wildman–Crippen MR) is 68.3 cm³/mol. The van der Waals surface area contributed by atoms with Gasteiger partial charge in [-0.05, 0) is 19.8 Å². The Balaban J connectivity index is 2.24. The monoisotopic (exact) mass is 236 g/mol. The second-order valence-electron chi connectivity index (χ2n) is 4.60. The molecule has 0 saturated heterocycles. The fraction of sp³-hybridized carbons (Fsp3) is 0.667. The van der Waals surface area contributed by atoms with Gasteiger partial charge in [0.05, 0.1) is 6.61 Å². The average Bonchev–Trinajstić information content (AvgIpc) is 3.13. The van der Waals surface area contributed by atoms with E-state index >= 15 is 0 Å². The van der Waals surface area contributed by atoms with Crippen molar-refractivity contribution in [1.82, 2.24) is 9.97 Å². The highest BCUT2D eigenvalue weighted by Crippen LogP contribution is 2.39. The van der Waals surface area contributed by atoms with E-state index in [9.17, 15) is 0 Å². The maximum Gasteiger partial charge on any atom is 0.137 e. The number of nitrogen functional groups attached to an aromatic ring is 1. The van der Waals surface area contributed by atoms with Crippen LogP contribution in [-0.4, -0.2) is 37.3 Å². The SMILES string of the molecule is COCCN(C)c1nc(C2CC2)nc(N)c1C. The minimum Gasteiger partial charge on any atom is -0.383 e. The molecule has 1 aliphatic rings. The summed E-state index contributed by atoms with van der Waals surface area (Å²) in [5, 5.41) is 0. The second-order valence-corrected chi connectivity index (χ2v) is 4.60. The third-order valence-electron chi connectivity index (χ3n) is 3.11. The number of ether oxygens (including phenoxy) is 1. The molecule has 1 heterocycles. The Labute approximate surface area is 102 Å². The smallest absolute Gasteiger partial charge is 0.137 e. The van der Waals surface area contributed by atoms with Crippen molar-refractivity contribution in [3.05, 3.63) is 11.4 Å². The molecule has 5 heteroatoms. The minimum absolute atomic E-state index is 0.521. The molecule has 1 fully saturated rings. The summed E-state index contributed by atoms with van der Waals surface area (Å²) in [5.41, 5.74) is 6.90. The fourth-order valence-electron chi connectivity index (χ4n) is 1.77. The molecular weight excluding hydrogens is 216 g/mol. The Morgan fingerprint density at radius 2 is 2.12 bits per heavy atom. The van der Waals surface area contributed by atoms with Crippen molar-refractivity contribution in [2.75, 3.05) is 37.9 Å². The molecule has 0 aliphatic heterocycles. The number of rotatable bonds is 5. The predicted octanol–water partition coefficient (Wildman–Crippen LogP) is 1.33. The lowest BCUT2D eigenvalue weighted by molar-refractivity contribution is 0.206. The van der Waals surface area contributed by atoms with Crippen molar-refractivity contribution in [2.45, 2.75) is 25.7 Å². The lowest BCUT2D eigenvalue weighted by Crippen LogP contribution is -2.25. The van der Waals surface area contributed by atoms with Gasteiger partial charge in [-0.25, -0.2) is 9.97 Å². The van der Waals surface area contributed by atoms with Gasteiger partial charge in [0, 0.05) is 32.2 Å². The Morgan fingerprint density at radius 1 is 1.41 bits per heavy atom. The first-order valence-electron chi connectivity index (χ1n) is 5.97. The molecule has 0 unspecified atom stereocenters. The van der Waals surface area contributed by atoms with E-state index < -0.39 is 0 Å². The Kier molecular flexibility index (Phi) is 3.47. The third kappa shape index (κ3) is 2.66. The first-order valence-corrected chi connectivity index (χ1v) is 5.97. The number of nitrogens with zero attached hydrogens (tertiary/aromatic N) is 3. The van der Waals surface area contributed by atoms with Crippen molar-refractivity contribution < 1.29 is 4.74 Å². The van der Waals surface area contributed by atoms with Crippen LogP contribution in [0, 0.1) is 6.92 Å². The van der Waals surface area contributed by atoms with Crippen LogP contribution in [0.1, 0.15) is 30.1 Å². The molecule has 0 radical (unpaired) electrons. The highest BCUT2D eigenvalue weighted by Gasteiger charge is 2.28. The molecule has 1 aliphatic carbocycles. The maximum atomic E-state index is 5.94. The van der Waals surface area contributed by atoms with E-state index in [0.29, 0.717) is 18.3 Å². The average molecular weight is 236 g/mol. The molecule has 0 bridgehead atoms. The van der Waals surface area contributed by atoms with Crippen molar-refractivity contribution >= 4 is 11.6 Å². The van der Waals surface area contributed by atoms with Crippen LogP contribution in [0.25, 0.3) is 0 Å². The summed E-state index contributed by atoms with van der Waals surface area (Å²) in [5.74, 6) is 2.94. The zero-order valence-electron chi connectivity index (χ0n) is 10.7. The fourth-order valence-corrected chi connectivity index (χ4v) is 1.77. The van der Waals surface area contributed by atoms with Gasteiger partial charge in [0.1, 0.15) is 17.5 Å². The highest BCUT2D eigenvalue weighted by molar-refractivity contribution is 5.56. The molecule has 0 aromatic carbocycles. The highest BCUT2D eigenvalue weighted by atomic mass is 16.5. The molecule has 2 rings (SSSR count). The molecule has 17 heavy (non-hydrogen) atoms. The summed E-state index contributed by atoms with van der Waals surface area (Å²) in [6.07, 6.45) is 2.37. The Hall–Kier alpha value is -1.36. The number of hydrogen-bond donors (Lipinski definition) is 1.